The SMILES string of the molecule is Cc1ccc(NC(=O)CN2C(=O)COc3ccc(S(=O)(=O)N4CCOCC4)cc32)c(Cl)c1. The summed E-state index contributed by atoms with van der Waals surface area (Å²) in [6.45, 7) is 2.45. The zero-order chi connectivity index (χ0) is 22.9. The number of carbonyl (C=O) groups is 2. The van der Waals surface area contributed by atoms with E-state index < -0.39 is 21.8 Å². The third-order valence-corrected chi connectivity index (χ3v) is 7.39. The number of benzene rings is 2. The topological polar surface area (TPSA) is 105 Å². The molecule has 1 fully saturated rings. The molecule has 0 aliphatic carbocycles. The zero-order valence-corrected chi connectivity index (χ0v) is 18.9. The Balaban J connectivity index is 1.59. The number of nitrogens with zero attached hydrogens (tertiary/aromatic N) is 2. The molecule has 1 N–H and O–H groups in total. The van der Waals surface area contributed by atoms with E-state index in [9.17, 15) is 18.0 Å². The number of morpholine rings is 1. The van der Waals surface area contributed by atoms with Crippen LogP contribution in [0.3, 0.4) is 0 Å². The lowest BCUT2D eigenvalue weighted by Gasteiger charge is -2.30. The van der Waals surface area contributed by atoms with Crippen LogP contribution in [-0.4, -0.2) is 64.0 Å². The van der Waals surface area contributed by atoms with Crippen LogP contribution in [0.1, 0.15) is 5.56 Å². The summed E-state index contributed by atoms with van der Waals surface area (Å²) in [5.74, 6) is -0.603. The van der Waals surface area contributed by atoms with Crippen LogP contribution in [0.4, 0.5) is 11.4 Å². The first-order valence-corrected chi connectivity index (χ1v) is 11.8. The molecule has 11 heteroatoms. The quantitative estimate of drug-likeness (QED) is 0.703. The molecule has 2 aliphatic rings. The van der Waals surface area contributed by atoms with Crippen molar-refractivity contribution in [2.75, 3.05) is 49.7 Å². The van der Waals surface area contributed by atoms with Crippen molar-refractivity contribution in [1.82, 2.24) is 4.31 Å². The van der Waals surface area contributed by atoms with Gasteiger partial charge in [0.15, 0.2) is 6.61 Å². The molecule has 32 heavy (non-hydrogen) atoms. The molecule has 2 aromatic rings. The Hall–Kier alpha value is -2.66. The number of hydrogen-bond acceptors (Lipinski definition) is 6. The smallest absolute Gasteiger partial charge is 0.265 e. The van der Waals surface area contributed by atoms with E-state index in [1.54, 1.807) is 18.2 Å². The van der Waals surface area contributed by atoms with Gasteiger partial charge in [-0.15, -0.1) is 0 Å². The van der Waals surface area contributed by atoms with Gasteiger partial charge in [-0.1, -0.05) is 17.7 Å². The van der Waals surface area contributed by atoms with Crippen LogP contribution in [-0.2, 0) is 24.3 Å². The molecule has 0 saturated carbocycles. The largest absolute Gasteiger partial charge is 0.482 e. The molecule has 0 radical (unpaired) electrons. The summed E-state index contributed by atoms with van der Waals surface area (Å²) in [5.41, 5.74) is 1.59. The predicted octanol–water partition coefficient (Wildman–Crippen LogP) is 2.03. The number of sulfonamides is 1. The Morgan fingerprint density at radius 3 is 2.62 bits per heavy atom. The molecule has 2 heterocycles. The number of halogens is 1. The van der Waals surface area contributed by atoms with Gasteiger partial charge in [0.05, 0.1) is 34.5 Å². The summed E-state index contributed by atoms with van der Waals surface area (Å²) in [5, 5.41) is 3.07. The first-order valence-electron chi connectivity index (χ1n) is 9.97. The molecule has 2 aliphatic heterocycles. The molecule has 2 aromatic carbocycles. The predicted molar refractivity (Wildman–Crippen MR) is 119 cm³/mol. The fourth-order valence-electron chi connectivity index (χ4n) is 3.51. The van der Waals surface area contributed by atoms with E-state index in [1.807, 2.05) is 6.92 Å². The van der Waals surface area contributed by atoms with Crippen molar-refractivity contribution in [3.05, 3.63) is 47.0 Å². The van der Waals surface area contributed by atoms with Gasteiger partial charge in [-0.25, -0.2) is 8.42 Å². The molecule has 4 rings (SSSR count). The molecular weight excluding hydrogens is 458 g/mol. The van der Waals surface area contributed by atoms with Crippen LogP contribution in [0.15, 0.2) is 41.3 Å². The number of ether oxygens (including phenoxy) is 2. The van der Waals surface area contributed by atoms with Crippen molar-refractivity contribution in [3.8, 4) is 5.75 Å². The van der Waals surface area contributed by atoms with Gasteiger partial charge in [-0.3, -0.25) is 14.5 Å². The fourth-order valence-corrected chi connectivity index (χ4v) is 5.22. The third kappa shape index (κ3) is 4.58. The highest BCUT2D eigenvalue weighted by Crippen LogP contribution is 2.35. The summed E-state index contributed by atoms with van der Waals surface area (Å²) < 4.78 is 38.0. The maximum Gasteiger partial charge on any atom is 0.265 e. The maximum absolute atomic E-state index is 13.0. The summed E-state index contributed by atoms with van der Waals surface area (Å²) in [6.07, 6.45) is 0. The van der Waals surface area contributed by atoms with Crippen molar-refractivity contribution in [1.29, 1.82) is 0 Å². The van der Waals surface area contributed by atoms with E-state index in [-0.39, 0.29) is 36.8 Å². The molecule has 9 nitrogen and oxygen atoms in total. The first-order chi connectivity index (χ1) is 15.3. The van der Waals surface area contributed by atoms with Gasteiger partial charge in [-0.05, 0) is 42.8 Å². The monoisotopic (exact) mass is 479 g/mol. The second-order valence-electron chi connectivity index (χ2n) is 7.45. The fraction of sp³-hybridized carbons (Fsp3) is 0.333. The average molecular weight is 480 g/mol. The Kier molecular flexibility index (Phi) is 6.38. The Morgan fingerprint density at radius 2 is 1.91 bits per heavy atom. The number of aryl methyl sites for hydroxylation is 1. The highest BCUT2D eigenvalue weighted by atomic mass is 35.5. The third-order valence-electron chi connectivity index (χ3n) is 5.18. The van der Waals surface area contributed by atoms with Crippen LogP contribution < -0.4 is 15.0 Å². The van der Waals surface area contributed by atoms with Crippen molar-refractivity contribution in [3.63, 3.8) is 0 Å². The zero-order valence-electron chi connectivity index (χ0n) is 17.3. The Labute approximate surface area is 190 Å². The summed E-state index contributed by atoms with van der Waals surface area (Å²) >= 11 is 6.18. The van der Waals surface area contributed by atoms with Crippen LogP contribution in [0, 0.1) is 6.92 Å². The van der Waals surface area contributed by atoms with Crippen molar-refractivity contribution < 1.29 is 27.5 Å². The van der Waals surface area contributed by atoms with Crippen LogP contribution in [0.5, 0.6) is 5.75 Å². The van der Waals surface area contributed by atoms with Gasteiger partial charge in [0.2, 0.25) is 15.9 Å². The minimum atomic E-state index is -3.78. The molecule has 170 valence electrons. The molecule has 0 spiro atoms. The van der Waals surface area contributed by atoms with Crippen LogP contribution in [0.2, 0.25) is 5.02 Å². The number of hydrogen-bond donors (Lipinski definition) is 1. The normalized spacial score (nSPS) is 16.9. The molecular formula is C21H22ClN3O6S. The lowest BCUT2D eigenvalue weighted by Crippen LogP contribution is -2.44. The molecule has 0 atom stereocenters. The number of rotatable bonds is 5. The molecule has 1 saturated heterocycles. The molecule has 0 bridgehead atoms. The first kappa shape index (κ1) is 22.5. The van der Waals surface area contributed by atoms with Gasteiger partial charge in [0, 0.05) is 13.1 Å². The lowest BCUT2D eigenvalue weighted by molar-refractivity contribution is -0.123. The number of amides is 2. The number of anilines is 2. The minimum Gasteiger partial charge on any atom is -0.482 e. The van der Waals surface area contributed by atoms with Gasteiger partial charge in [0.1, 0.15) is 12.3 Å². The number of carbonyl (C=O) groups excluding carboxylic acids is 2. The summed E-state index contributed by atoms with van der Waals surface area (Å²) in [7, 11) is -3.78. The van der Waals surface area contributed by atoms with Gasteiger partial charge in [-0.2, -0.15) is 4.31 Å². The number of nitrogens with one attached hydrogen (secondary N) is 1. The summed E-state index contributed by atoms with van der Waals surface area (Å²) in [4.78, 5) is 26.4. The number of fused-ring (bicyclic) bond motifs is 1. The van der Waals surface area contributed by atoms with E-state index in [2.05, 4.69) is 5.32 Å². The minimum absolute atomic E-state index is 0.0171. The van der Waals surface area contributed by atoms with Gasteiger partial charge >= 0.3 is 0 Å². The van der Waals surface area contributed by atoms with E-state index >= 15 is 0 Å². The second kappa shape index (κ2) is 9.07. The second-order valence-corrected chi connectivity index (χ2v) is 9.79. The van der Waals surface area contributed by atoms with E-state index in [0.717, 1.165) is 5.56 Å². The van der Waals surface area contributed by atoms with E-state index in [1.165, 1.54) is 27.4 Å². The lowest BCUT2D eigenvalue weighted by atomic mass is 10.2. The van der Waals surface area contributed by atoms with E-state index in [0.29, 0.717) is 29.7 Å². The molecule has 0 unspecified atom stereocenters. The Bertz CT molecular complexity index is 1160. The highest BCUT2D eigenvalue weighted by molar-refractivity contribution is 7.89. The highest BCUT2D eigenvalue weighted by Gasteiger charge is 2.32. The maximum atomic E-state index is 13.0. The Morgan fingerprint density at radius 1 is 1.16 bits per heavy atom. The standard InChI is InChI=1S/C21H22ClN3O6S/c1-14-2-4-17(16(22)10-14)23-20(26)12-25-18-11-15(3-5-19(18)31-13-21(25)27)32(28,29)24-6-8-30-9-7-24/h2-5,10-11H,6-9,12-13H2,1H3,(H,23,26). The summed E-state index contributed by atoms with van der Waals surface area (Å²) in [6, 6.07) is 9.50. The molecule has 2 amide bonds. The average Bonchev–Trinajstić information content (AvgIpc) is 2.78. The van der Waals surface area contributed by atoms with Crippen molar-refractivity contribution in [2.45, 2.75) is 11.8 Å². The van der Waals surface area contributed by atoms with Crippen molar-refractivity contribution >= 4 is 44.8 Å². The van der Waals surface area contributed by atoms with Crippen molar-refractivity contribution in [2.24, 2.45) is 0 Å². The molecule has 0 aromatic heterocycles. The van der Waals surface area contributed by atoms with E-state index in [4.69, 9.17) is 21.1 Å². The van der Waals surface area contributed by atoms with Gasteiger partial charge in [0.25, 0.3) is 5.91 Å². The van der Waals surface area contributed by atoms with Crippen LogP contribution in [0.25, 0.3) is 0 Å². The van der Waals surface area contributed by atoms with Crippen LogP contribution >= 0.6 is 11.6 Å². The van der Waals surface area contributed by atoms with Gasteiger partial charge < -0.3 is 14.8 Å².